The highest BCUT2D eigenvalue weighted by atomic mass is 19.3. The number of halogens is 2. The summed E-state index contributed by atoms with van der Waals surface area (Å²) >= 11 is 0. The molecule has 0 amide bonds. The fourth-order valence-corrected chi connectivity index (χ4v) is 1.62. The molecule has 2 rings (SSSR count). The van der Waals surface area contributed by atoms with Gasteiger partial charge >= 0.3 is 5.97 Å². The van der Waals surface area contributed by atoms with Crippen molar-refractivity contribution < 1.29 is 18.3 Å². The highest BCUT2D eigenvalue weighted by molar-refractivity contribution is 5.88. The molecule has 0 spiro atoms. The predicted octanol–water partition coefficient (Wildman–Crippen LogP) is 1.92. The van der Waals surface area contributed by atoms with Crippen LogP contribution in [0.15, 0.2) is 12.3 Å². The second kappa shape index (κ2) is 5.17. The first-order valence-electron chi connectivity index (χ1n) is 5.57. The molecule has 0 unspecified atom stereocenters. The van der Waals surface area contributed by atoms with E-state index in [1.807, 2.05) is 0 Å². The van der Waals surface area contributed by atoms with Crippen molar-refractivity contribution in [3.05, 3.63) is 23.5 Å². The number of esters is 1. The largest absolute Gasteiger partial charge is 0.461 e. The van der Waals surface area contributed by atoms with E-state index in [1.165, 1.54) is 24.0 Å². The van der Waals surface area contributed by atoms with Crippen LogP contribution in [-0.4, -0.2) is 32.6 Å². The van der Waals surface area contributed by atoms with Crippen LogP contribution in [0.25, 0.3) is 11.4 Å². The van der Waals surface area contributed by atoms with Gasteiger partial charge in [0.25, 0.3) is 6.43 Å². The minimum absolute atomic E-state index is 0.0456. The Labute approximate surface area is 107 Å². The number of nitrogens with zero attached hydrogens (tertiary/aromatic N) is 3. The van der Waals surface area contributed by atoms with Crippen LogP contribution in [-0.2, 0) is 11.8 Å². The van der Waals surface area contributed by atoms with Crippen LogP contribution in [0.4, 0.5) is 8.78 Å². The number of carbonyl (C=O) groups excluding carboxylic acids is 1. The smallest absolute Gasteiger partial charge is 0.356 e. The van der Waals surface area contributed by atoms with Crippen molar-refractivity contribution in [2.24, 2.45) is 7.05 Å². The van der Waals surface area contributed by atoms with Crippen molar-refractivity contribution in [2.45, 2.75) is 13.3 Å². The molecule has 0 radical (unpaired) electrons. The van der Waals surface area contributed by atoms with E-state index in [2.05, 4.69) is 15.3 Å². The number of nitrogens with one attached hydrogen (secondary N) is 1. The van der Waals surface area contributed by atoms with Crippen molar-refractivity contribution in [3.8, 4) is 11.4 Å². The lowest BCUT2D eigenvalue weighted by Crippen LogP contribution is -2.04. The molecule has 2 aromatic heterocycles. The highest BCUT2D eigenvalue weighted by Crippen LogP contribution is 2.28. The molecule has 2 heterocycles. The Bertz CT molecular complexity index is 591. The summed E-state index contributed by atoms with van der Waals surface area (Å²) in [5, 5.41) is 10.2. The third-order valence-electron chi connectivity index (χ3n) is 2.41. The van der Waals surface area contributed by atoms with Crippen LogP contribution in [0.2, 0.25) is 0 Å². The Morgan fingerprint density at radius 2 is 2.32 bits per heavy atom. The van der Waals surface area contributed by atoms with E-state index in [4.69, 9.17) is 4.74 Å². The summed E-state index contributed by atoms with van der Waals surface area (Å²) in [5.41, 5.74) is 0.0929. The van der Waals surface area contributed by atoms with E-state index in [9.17, 15) is 13.6 Å². The molecular formula is C11H12F2N4O2. The Morgan fingerprint density at radius 3 is 2.95 bits per heavy atom. The second-order valence-electron chi connectivity index (χ2n) is 3.79. The van der Waals surface area contributed by atoms with E-state index >= 15 is 0 Å². The molecule has 8 heteroatoms. The van der Waals surface area contributed by atoms with Gasteiger partial charge in [-0.15, -0.1) is 0 Å². The van der Waals surface area contributed by atoms with Gasteiger partial charge in [-0.05, 0) is 6.92 Å². The van der Waals surface area contributed by atoms with Crippen LogP contribution in [0.5, 0.6) is 0 Å². The number of rotatable bonds is 4. The maximum absolute atomic E-state index is 12.8. The van der Waals surface area contributed by atoms with Crippen molar-refractivity contribution in [3.63, 3.8) is 0 Å². The zero-order valence-electron chi connectivity index (χ0n) is 10.4. The van der Waals surface area contributed by atoms with E-state index in [-0.39, 0.29) is 29.3 Å². The highest BCUT2D eigenvalue weighted by Gasteiger charge is 2.21. The number of alkyl halides is 2. The molecule has 2 aromatic rings. The standard InChI is InChI=1S/C11H12F2N4O2/c1-3-19-11(18)8-4-7(14-15-8)9-6(10(12)13)5-17(2)16-9/h4-5,10H,3H2,1-2H3,(H,14,15). The molecule has 0 saturated heterocycles. The van der Waals surface area contributed by atoms with Gasteiger partial charge in [0, 0.05) is 19.3 Å². The summed E-state index contributed by atoms with van der Waals surface area (Å²) in [5.74, 6) is -0.587. The summed E-state index contributed by atoms with van der Waals surface area (Å²) < 4.78 is 31.7. The van der Waals surface area contributed by atoms with Crippen LogP contribution in [0.1, 0.15) is 29.4 Å². The fourth-order valence-electron chi connectivity index (χ4n) is 1.62. The summed E-state index contributed by atoms with van der Waals surface area (Å²) in [6.07, 6.45) is -1.44. The van der Waals surface area contributed by atoms with Gasteiger partial charge in [-0.25, -0.2) is 13.6 Å². The Hall–Kier alpha value is -2.25. The number of hydrogen-bond acceptors (Lipinski definition) is 4. The average Bonchev–Trinajstić information content (AvgIpc) is 2.95. The molecule has 6 nitrogen and oxygen atoms in total. The SMILES string of the molecule is CCOC(=O)c1cc(-c2nn(C)cc2C(F)F)n[nH]1. The number of H-pyrrole nitrogens is 1. The minimum Gasteiger partial charge on any atom is -0.461 e. The first-order valence-corrected chi connectivity index (χ1v) is 5.57. The van der Waals surface area contributed by atoms with Crippen molar-refractivity contribution in [1.82, 2.24) is 20.0 Å². The monoisotopic (exact) mass is 270 g/mol. The summed E-state index contributed by atoms with van der Waals surface area (Å²) in [6, 6.07) is 1.34. The second-order valence-corrected chi connectivity index (χ2v) is 3.79. The number of aryl methyl sites for hydroxylation is 1. The topological polar surface area (TPSA) is 72.8 Å². The van der Waals surface area contributed by atoms with Crippen LogP contribution in [0, 0.1) is 0 Å². The van der Waals surface area contributed by atoms with Crippen LogP contribution in [0.3, 0.4) is 0 Å². The molecule has 0 bridgehead atoms. The van der Waals surface area contributed by atoms with Crippen LogP contribution < -0.4 is 0 Å². The lowest BCUT2D eigenvalue weighted by atomic mass is 10.2. The number of aromatic amines is 1. The van der Waals surface area contributed by atoms with Gasteiger partial charge in [0.2, 0.25) is 0 Å². The summed E-state index contributed by atoms with van der Waals surface area (Å²) in [7, 11) is 1.54. The number of ether oxygens (including phenoxy) is 1. The molecule has 0 aliphatic heterocycles. The van der Waals surface area contributed by atoms with E-state index in [0.29, 0.717) is 0 Å². The maximum Gasteiger partial charge on any atom is 0.356 e. The molecule has 19 heavy (non-hydrogen) atoms. The van der Waals surface area contributed by atoms with Gasteiger partial charge in [0.1, 0.15) is 17.1 Å². The van der Waals surface area contributed by atoms with Crippen molar-refractivity contribution in [2.75, 3.05) is 6.61 Å². The van der Waals surface area contributed by atoms with Crippen LogP contribution >= 0.6 is 0 Å². The van der Waals surface area contributed by atoms with E-state index in [1.54, 1.807) is 6.92 Å². The maximum atomic E-state index is 12.8. The molecule has 0 fully saturated rings. The van der Waals surface area contributed by atoms with Crippen molar-refractivity contribution >= 4 is 5.97 Å². The quantitative estimate of drug-likeness (QED) is 0.861. The Balaban J connectivity index is 2.35. The zero-order valence-corrected chi connectivity index (χ0v) is 10.4. The zero-order chi connectivity index (χ0) is 14.0. The molecule has 102 valence electrons. The van der Waals surface area contributed by atoms with E-state index in [0.717, 1.165) is 0 Å². The van der Waals surface area contributed by atoms with Crippen molar-refractivity contribution in [1.29, 1.82) is 0 Å². The number of aromatic nitrogens is 4. The predicted molar refractivity (Wildman–Crippen MR) is 61.7 cm³/mol. The van der Waals surface area contributed by atoms with Gasteiger partial charge in [-0.2, -0.15) is 10.2 Å². The average molecular weight is 270 g/mol. The molecule has 0 saturated carbocycles. The molecular weight excluding hydrogens is 258 g/mol. The normalized spacial score (nSPS) is 11.0. The summed E-state index contributed by atoms with van der Waals surface area (Å²) in [4.78, 5) is 11.4. The third-order valence-corrected chi connectivity index (χ3v) is 2.41. The lowest BCUT2D eigenvalue weighted by molar-refractivity contribution is 0.0519. The third kappa shape index (κ3) is 2.61. The van der Waals surface area contributed by atoms with Gasteiger partial charge in [-0.3, -0.25) is 9.78 Å². The first-order chi connectivity index (χ1) is 9.02. The van der Waals surface area contributed by atoms with Gasteiger partial charge < -0.3 is 4.74 Å². The lowest BCUT2D eigenvalue weighted by Gasteiger charge is -1.96. The van der Waals surface area contributed by atoms with E-state index < -0.39 is 12.4 Å². The van der Waals surface area contributed by atoms with Gasteiger partial charge in [0.15, 0.2) is 0 Å². The minimum atomic E-state index is -2.66. The van der Waals surface area contributed by atoms with Gasteiger partial charge in [-0.1, -0.05) is 0 Å². The number of carbonyl (C=O) groups is 1. The fraction of sp³-hybridized carbons (Fsp3) is 0.364. The first kappa shape index (κ1) is 13.2. The molecule has 1 N–H and O–H groups in total. The Morgan fingerprint density at radius 1 is 1.58 bits per heavy atom. The van der Waals surface area contributed by atoms with Gasteiger partial charge in [0.05, 0.1) is 12.2 Å². The molecule has 0 aliphatic carbocycles. The molecule has 0 aromatic carbocycles. The Kier molecular flexibility index (Phi) is 3.59. The summed E-state index contributed by atoms with van der Waals surface area (Å²) in [6.45, 7) is 1.89. The molecule has 0 atom stereocenters. The number of hydrogen-bond donors (Lipinski definition) is 1. The molecule has 0 aliphatic rings.